The molecule has 4 heteroatoms. The number of likely N-dealkylation sites (N-methyl/N-ethyl adjacent to an activating group) is 1. The summed E-state index contributed by atoms with van der Waals surface area (Å²) in [7, 11) is 0. The summed E-state index contributed by atoms with van der Waals surface area (Å²) in [5.41, 5.74) is 2.12. The van der Waals surface area contributed by atoms with Crippen LogP contribution in [-0.4, -0.2) is 11.5 Å². The highest BCUT2D eigenvalue weighted by Gasteiger charge is 2.13. The largest absolute Gasteiger partial charge is 0.310 e. The van der Waals surface area contributed by atoms with E-state index in [1.165, 1.54) is 6.07 Å². The maximum atomic E-state index is 13.2. The van der Waals surface area contributed by atoms with Crippen molar-refractivity contribution in [3.8, 4) is 0 Å². The van der Waals surface area contributed by atoms with Crippen LogP contribution in [0.1, 0.15) is 24.1 Å². The smallest absolute Gasteiger partial charge is 0.141 e. The van der Waals surface area contributed by atoms with Crippen LogP contribution in [0.3, 0.4) is 0 Å². The Kier molecular flexibility index (Phi) is 4.88. The molecule has 1 heterocycles. The minimum Gasteiger partial charge on any atom is -0.310 e. The van der Waals surface area contributed by atoms with Crippen LogP contribution in [0, 0.1) is 5.82 Å². The van der Waals surface area contributed by atoms with Crippen LogP contribution in [-0.2, 0) is 6.42 Å². The highest BCUT2D eigenvalue weighted by atomic mass is 35.5. The van der Waals surface area contributed by atoms with E-state index in [4.69, 9.17) is 11.6 Å². The quantitative estimate of drug-likeness (QED) is 0.901. The Hall–Kier alpha value is -1.45. The van der Waals surface area contributed by atoms with Crippen molar-refractivity contribution in [3.63, 3.8) is 0 Å². The van der Waals surface area contributed by atoms with Crippen LogP contribution in [0.4, 0.5) is 4.39 Å². The molecule has 0 aliphatic rings. The fourth-order valence-corrected chi connectivity index (χ4v) is 2.23. The van der Waals surface area contributed by atoms with Gasteiger partial charge in [-0.05, 0) is 42.3 Å². The number of halogens is 2. The average Bonchev–Trinajstić information content (AvgIpc) is 2.43. The van der Waals surface area contributed by atoms with Crippen LogP contribution < -0.4 is 5.32 Å². The number of aromatic nitrogens is 1. The van der Waals surface area contributed by atoms with Gasteiger partial charge in [-0.1, -0.05) is 30.7 Å². The lowest BCUT2D eigenvalue weighted by molar-refractivity contribution is 0.547. The Labute approximate surface area is 117 Å². The van der Waals surface area contributed by atoms with Gasteiger partial charge in [0.1, 0.15) is 5.82 Å². The van der Waals surface area contributed by atoms with Crippen LogP contribution in [0.5, 0.6) is 0 Å². The van der Waals surface area contributed by atoms with Gasteiger partial charge in [-0.15, -0.1) is 0 Å². The highest BCUT2D eigenvalue weighted by molar-refractivity contribution is 6.30. The van der Waals surface area contributed by atoms with E-state index in [0.717, 1.165) is 24.1 Å². The van der Waals surface area contributed by atoms with E-state index in [-0.39, 0.29) is 16.9 Å². The third-order valence-corrected chi connectivity index (χ3v) is 3.25. The van der Waals surface area contributed by atoms with Gasteiger partial charge in [-0.25, -0.2) is 4.39 Å². The Morgan fingerprint density at radius 3 is 2.84 bits per heavy atom. The number of hydrogen-bond acceptors (Lipinski definition) is 2. The minimum absolute atomic E-state index is 0.104. The molecule has 1 N–H and O–H groups in total. The first kappa shape index (κ1) is 14.0. The van der Waals surface area contributed by atoms with E-state index in [0.29, 0.717) is 0 Å². The summed E-state index contributed by atoms with van der Waals surface area (Å²) in [6, 6.07) is 8.90. The molecular formula is C15H16ClFN2. The molecule has 1 atom stereocenters. The van der Waals surface area contributed by atoms with Crippen molar-refractivity contribution in [3.05, 3.63) is 64.7 Å². The first-order valence-electron chi connectivity index (χ1n) is 6.28. The van der Waals surface area contributed by atoms with E-state index in [1.54, 1.807) is 18.3 Å². The lowest BCUT2D eigenvalue weighted by Crippen LogP contribution is -2.23. The normalized spacial score (nSPS) is 12.4. The van der Waals surface area contributed by atoms with Crippen molar-refractivity contribution >= 4 is 11.6 Å². The summed E-state index contributed by atoms with van der Waals surface area (Å²) in [5, 5.41) is 3.54. The number of nitrogens with one attached hydrogen (secondary N) is 1. The first-order valence-corrected chi connectivity index (χ1v) is 6.65. The summed E-state index contributed by atoms with van der Waals surface area (Å²) in [5.74, 6) is -0.387. The molecule has 2 aromatic rings. The van der Waals surface area contributed by atoms with E-state index in [9.17, 15) is 4.39 Å². The number of benzene rings is 1. The maximum absolute atomic E-state index is 13.2. The van der Waals surface area contributed by atoms with E-state index < -0.39 is 0 Å². The summed E-state index contributed by atoms with van der Waals surface area (Å²) < 4.78 is 13.2. The van der Waals surface area contributed by atoms with Crippen molar-refractivity contribution in [2.45, 2.75) is 19.4 Å². The third-order valence-electron chi connectivity index (χ3n) is 2.96. The van der Waals surface area contributed by atoms with Crippen molar-refractivity contribution < 1.29 is 4.39 Å². The fourth-order valence-electron chi connectivity index (χ4n) is 2.04. The number of hydrogen-bond donors (Lipinski definition) is 1. The van der Waals surface area contributed by atoms with Gasteiger partial charge in [0.05, 0.1) is 5.02 Å². The minimum atomic E-state index is -0.387. The SMILES string of the molecule is CCNC(Cc1cccnc1)c1ccc(F)c(Cl)c1. The topological polar surface area (TPSA) is 24.9 Å². The fraction of sp³-hybridized carbons (Fsp3) is 0.267. The molecule has 1 unspecified atom stereocenters. The molecule has 0 spiro atoms. The molecule has 100 valence electrons. The monoisotopic (exact) mass is 278 g/mol. The van der Waals surface area contributed by atoms with Gasteiger partial charge in [0.15, 0.2) is 0 Å². The summed E-state index contributed by atoms with van der Waals surface area (Å²) in [4.78, 5) is 4.11. The molecular weight excluding hydrogens is 263 g/mol. The van der Waals surface area contributed by atoms with Gasteiger partial charge >= 0.3 is 0 Å². The lowest BCUT2D eigenvalue weighted by Gasteiger charge is -2.18. The van der Waals surface area contributed by atoms with Gasteiger partial charge in [-0.2, -0.15) is 0 Å². The number of nitrogens with zero attached hydrogens (tertiary/aromatic N) is 1. The van der Waals surface area contributed by atoms with Gasteiger partial charge in [0.25, 0.3) is 0 Å². The molecule has 0 bridgehead atoms. The third kappa shape index (κ3) is 3.75. The van der Waals surface area contributed by atoms with Crippen molar-refractivity contribution in [1.82, 2.24) is 10.3 Å². The zero-order valence-corrected chi connectivity index (χ0v) is 11.5. The van der Waals surface area contributed by atoms with E-state index >= 15 is 0 Å². The molecule has 19 heavy (non-hydrogen) atoms. The maximum Gasteiger partial charge on any atom is 0.141 e. The summed E-state index contributed by atoms with van der Waals surface area (Å²) >= 11 is 5.85. The molecule has 0 fully saturated rings. The second kappa shape index (κ2) is 6.64. The van der Waals surface area contributed by atoms with Crippen LogP contribution >= 0.6 is 11.6 Å². The van der Waals surface area contributed by atoms with E-state index in [1.807, 2.05) is 25.3 Å². The van der Waals surface area contributed by atoms with Crippen molar-refractivity contribution in [2.24, 2.45) is 0 Å². The number of pyridine rings is 1. The molecule has 0 aliphatic carbocycles. The van der Waals surface area contributed by atoms with Crippen molar-refractivity contribution in [2.75, 3.05) is 6.54 Å². The summed E-state index contributed by atoms with van der Waals surface area (Å²) in [6.07, 6.45) is 4.39. The predicted octanol–water partition coefficient (Wildman–Crippen LogP) is 3.77. The zero-order chi connectivity index (χ0) is 13.7. The van der Waals surface area contributed by atoms with Gasteiger partial charge in [-0.3, -0.25) is 4.98 Å². The Morgan fingerprint density at radius 1 is 1.37 bits per heavy atom. The van der Waals surface area contributed by atoms with Gasteiger partial charge < -0.3 is 5.32 Å². The Balaban J connectivity index is 2.21. The molecule has 1 aromatic heterocycles. The Bertz CT molecular complexity index is 531. The molecule has 0 aliphatic heterocycles. The van der Waals surface area contributed by atoms with Crippen molar-refractivity contribution in [1.29, 1.82) is 0 Å². The predicted molar refractivity (Wildman–Crippen MR) is 75.8 cm³/mol. The lowest BCUT2D eigenvalue weighted by atomic mass is 10.00. The van der Waals surface area contributed by atoms with Crippen LogP contribution in [0.25, 0.3) is 0 Å². The molecule has 0 saturated heterocycles. The summed E-state index contributed by atoms with van der Waals surface area (Å²) in [6.45, 7) is 2.88. The zero-order valence-electron chi connectivity index (χ0n) is 10.7. The molecule has 0 radical (unpaired) electrons. The van der Waals surface area contributed by atoms with E-state index in [2.05, 4.69) is 10.3 Å². The van der Waals surface area contributed by atoms with Crippen LogP contribution in [0.2, 0.25) is 5.02 Å². The second-order valence-electron chi connectivity index (χ2n) is 4.35. The second-order valence-corrected chi connectivity index (χ2v) is 4.76. The highest BCUT2D eigenvalue weighted by Crippen LogP contribution is 2.23. The molecule has 0 saturated carbocycles. The average molecular weight is 279 g/mol. The standard InChI is InChI=1S/C15H16ClFN2/c1-2-19-15(8-11-4-3-7-18-10-11)12-5-6-14(17)13(16)9-12/h3-7,9-10,15,19H,2,8H2,1H3. The van der Waals surface area contributed by atoms with Gasteiger partial charge in [0.2, 0.25) is 0 Å². The molecule has 2 rings (SSSR count). The molecule has 1 aromatic carbocycles. The van der Waals surface area contributed by atoms with Crippen LogP contribution in [0.15, 0.2) is 42.7 Å². The number of rotatable bonds is 5. The van der Waals surface area contributed by atoms with Gasteiger partial charge in [0, 0.05) is 18.4 Å². The Morgan fingerprint density at radius 2 is 2.21 bits per heavy atom. The molecule has 2 nitrogen and oxygen atoms in total. The first-order chi connectivity index (χ1) is 9.20. The molecule has 0 amide bonds.